The van der Waals surface area contributed by atoms with Crippen LogP contribution in [0.3, 0.4) is 0 Å². The summed E-state index contributed by atoms with van der Waals surface area (Å²) in [4.78, 5) is 0. The molecule has 12 heavy (non-hydrogen) atoms. The van der Waals surface area contributed by atoms with Gasteiger partial charge in [0.05, 0.1) is 5.56 Å². The Bertz CT molecular complexity index is 298. The molecule has 0 spiro atoms. The lowest BCUT2D eigenvalue weighted by Gasteiger charge is -2.03. The maximum atomic E-state index is 12.8. The monoisotopic (exact) mass is 290 g/mol. The number of alkyl halides is 2. The zero-order valence-electron chi connectivity index (χ0n) is 5.62. The predicted octanol–water partition coefficient (Wildman–Crippen LogP) is 3.51. The SMILES string of the molecule is Fc1ccc(I)c(F)c1C(F)F. The fourth-order valence-electron chi connectivity index (χ4n) is 0.743. The lowest BCUT2D eigenvalue weighted by Crippen LogP contribution is -1.98. The zero-order valence-corrected chi connectivity index (χ0v) is 7.78. The van der Waals surface area contributed by atoms with Gasteiger partial charge in [-0.05, 0) is 34.7 Å². The van der Waals surface area contributed by atoms with E-state index in [1.807, 2.05) is 0 Å². The van der Waals surface area contributed by atoms with Gasteiger partial charge in [0.15, 0.2) is 0 Å². The molecule has 0 unspecified atom stereocenters. The Morgan fingerprint density at radius 3 is 2.17 bits per heavy atom. The fraction of sp³-hybridized carbons (Fsp3) is 0.143. The van der Waals surface area contributed by atoms with E-state index < -0.39 is 23.6 Å². The van der Waals surface area contributed by atoms with Gasteiger partial charge in [-0.1, -0.05) is 0 Å². The van der Waals surface area contributed by atoms with Crippen LogP contribution in [-0.4, -0.2) is 0 Å². The zero-order chi connectivity index (χ0) is 9.30. The van der Waals surface area contributed by atoms with E-state index in [2.05, 4.69) is 0 Å². The molecule has 0 saturated carbocycles. The van der Waals surface area contributed by atoms with Crippen LogP contribution in [-0.2, 0) is 0 Å². The third-order valence-electron chi connectivity index (χ3n) is 1.30. The second-order valence-corrected chi connectivity index (χ2v) is 3.22. The van der Waals surface area contributed by atoms with E-state index >= 15 is 0 Å². The van der Waals surface area contributed by atoms with Gasteiger partial charge in [0.25, 0.3) is 6.43 Å². The Morgan fingerprint density at radius 1 is 1.17 bits per heavy atom. The number of rotatable bonds is 1. The van der Waals surface area contributed by atoms with Crippen LogP contribution in [0, 0.1) is 15.2 Å². The summed E-state index contributed by atoms with van der Waals surface area (Å²) in [6.45, 7) is 0. The average Bonchev–Trinajstić information content (AvgIpc) is 1.97. The second kappa shape index (κ2) is 3.59. The van der Waals surface area contributed by atoms with Crippen molar-refractivity contribution in [2.24, 2.45) is 0 Å². The van der Waals surface area contributed by atoms with Crippen LogP contribution in [0.4, 0.5) is 17.6 Å². The molecule has 1 rings (SSSR count). The standard InChI is InChI=1S/C7H3F4I/c8-3-1-2-4(12)6(9)5(3)7(10)11/h1-2,7H. The molecule has 1 aromatic rings. The molecule has 0 aliphatic carbocycles. The topological polar surface area (TPSA) is 0 Å². The molecule has 0 heterocycles. The molecular weight excluding hydrogens is 287 g/mol. The van der Waals surface area contributed by atoms with E-state index in [1.54, 1.807) is 0 Å². The molecular formula is C7H3F4I. The average molecular weight is 290 g/mol. The summed E-state index contributed by atoms with van der Waals surface area (Å²) in [5.74, 6) is -2.38. The van der Waals surface area contributed by atoms with Gasteiger partial charge in [-0.3, -0.25) is 0 Å². The number of benzene rings is 1. The normalized spacial score (nSPS) is 10.8. The minimum atomic E-state index is -3.11. The Hall–Kier alpha value is -0.330. The van der Waals surface area contributed by atoms with E-state index in [1.165, 1.54) is 22.6 Å². The predicted molar refractivity (Wildman–Crippen MR) is 44.0 cm³/mol. The van der Waals surface area contributed by atoms with E-state index in [-0.39, 0.29) is 3.57 Å². The molecule has 5 heteroatoms. The number of hydrogen-bond donors (Lipinski definition) is 0. The summed E-state index contributed by atoms with van der Waals surface area (Å²) in [7, 11) is 0. The minimum absolute atomic E-state index is 0.00991. The van der Waals surface area contributed by atoms with Crippen LogP contribution in [0.25, 0.3) is 0 Å². The fourth-order valence-corrected chi connectivity index (χ4v) is 1.21. The van der Waals surface area contributed by atoms with Gasteiger partial charge in [-0.15, -0.1) is 0 Å². The van der Waals surface area contributed by atoms with Crippen molar-refractivity contribution >= 4 is 22.6 Å². The highest BCUT2D eigenvalue weighted by atomic mass is 127. The summed E-state index contributed by atoms with van der Waals surface area (Å²) in [5, 5.41) is 0. The second-order valence-electron chi connectivity index (χ2n) is 2.06. The molecule has 0 fully saturated rings. The molecule has 0 aromatic heterocycles. The van der Waals surface area contributed by atoms with Crippen molar-refractivity contribution in [1.29, 1.82) is 0 Å². The molecule has 0 aliphatic rings. The smallest absolute Gasteiger partial charge is 0.206 e. The van der Waals surface area contributed by atoms with Crippen LogP contribution >= 0.6 is 22.6 Å². The van der Waals surface area contributed by atoms with Crippen molar-refractivity contribution < 1.29 is 17.6 Å². The maximum absolute atomic E-state index is 12.8. The molecule has 0 amide bonds. The summed E-state index contributed by atoms with van der Waals surface area (Å²) < 4.78 is 49.3. The Morgan fingerprint density at radius 2 is 1.75 bits per heavy atom. The van der Waals surface area contributed by atoms with Crippen LogP contribution in [0.5, 0.6) is 0 Å². The van der Waals surface area contributed by atoms with Gasteiger partial charge >= 0.3 is 0 Å². The molecule has 0 saturated heterocycles. The Kier molecular flexibility index (Phi) is 2.92. The van der Waals surface area contributed by atoms with Crippen LogP contribution < -0.4 is 0 Å². The molecule has 0 nitrogen and oxygen atoms in total. The van der Waals surface area contributed by atoms with Gasteiger partial charge in [-0.2, -0.15) is 0 Å². The third kappa shape index (κ3) is 1.70. The maximum Gasteiger partial charge on any atom is 0.269 e. The first kappa shape index (κ1) is 9.76. The molecule has 0 N–H and O–H groups in total. The van der Waals surface area contributed by atoms with E-state index in [9.17, 15) is 17.6 Å². The first-order valence-corrected chi connectivity index (χ1v) is 4.03. The van der Waals surface area contributed by atoms with Gasteiger partial charge < -0.3 is 0 Å². The van der Waals surface area contributed by atoms with Crippen molar-refractivity contribution in [1.82, 2.24) is 0 Å². The highest BCUT2D eigenvalue weighted by Gasteiger charge is 2.20. The summed E-state index contributed by atoms with van der Waals surface area (Å²) in [6.07, 6.45) is -3.11. The molecule has 0 radical (unpaired) electrons. The molecule has 0 bridgehead atoms. The van der Waals surface area contributed by atoms with Crippen molar-refractivity contribution in [2.45, 2.75) is 6.43 Å². The summed E-state index contributed by atoms with van der Waals surface area (Å²) >= 11 is 1.52. The highest BCUT2D eigenvalue weighted by Crippen LogP contribution is 2.27. The largest absolute Gasteiger partial charge is 0.269 e. The highest BCUT2D eigenvalue weighted by molar-refractivity contribution is 14.1. The lowest BCUT2D eigenvalue weighted by molar-refractivity contribution is 0.140. The molecule has 0 aliphatic heterocycles. The van der Waals surface area contributed by atoms with Crippen LogP contribution in [0.15, 0.2) is 12.1 Å². The molecule has 66 valence electrons. The Labute approximate surface area is 79.7 Å². The van der Waals surface area contributed by atoms with E-state index in [0.717, 1.165) is 12.1 Å². The molecule has 1 aromatic carbocycles. The van der Waals surface area contributed by atoms with Gasteiger partial charge in [0, 0.05) is 3.57 Å². The lowest BCUT2D eigenvalue weighted by atomic mass is 10.2. The van der Waals surface area contributed by atoms with Gasteiger partial charge in [0.2, 0.25) is 0 Å². The van der Waals surface area contributed by atoms with Crippen molar-refractivity contribution in [3.05, 3.63) is 32.9 Å². The van der Waals surface area contributed by atoms with Crippen molar-refractivity contribution in [3.8, 4) is 0 Å². The van der Waals surface area contributed by atoms with Gasteiger partial charge in [0.1, 0.15) is 11.6 Å². The first-order chi connectivity index (χ1) is 5.54. The van der Waals surface area contributed by atoms with Crippen LogP contribution in [0.2, 0.25) is 0 Å². The Balaban J connectivity index is 3.33. The minimum Gasteiger partial charge on any atom is -0.206 e. The number of halogens is 5. The van der Waals surface area contributed by atoms with Crippen molar-refractivity contribution in [3.63, 3.8) is 0 Å². The quantitative estimate of drug-likeness (QED) is 0.422. The van der Waals surface area contributed by atoms with Crippen LogP contribution in [0.1, 0.15) is 12.0 Å². The van der Waals surface area contributed by atoms with E-state index in [4.69, 9.17) is 0 Å². The van der Waals surface area contributed by atoms with Gasteiger partial charge in [-0.25, -0.2) is 17.6 Å². The first-order valence-electron chi connectivity index (χ1n) is 2.95. The van der Waals surface area contributed by atoms with E-state index in [0.29, 0.717) is 0 Å². The van der Waals surface area contributed by atoms with Crippen molar-refractivity contribution in [2.75, 3.05) is 0 Å². The summed E-state index contributed by atoms with van der Waals surface area (Å²) in [6, 6.07) is 1.93. The molecule has 0 atom stereocenters. The number of hydrogen-bond acceptors (Lipinski definition) is 0. The third-order valence-corrected chi connectivity index (χ3v) is 2.13. The summed E-state index contributed by atoms with van der Waals surface area (Å²) in [5.41, 5.74) is -1.15.